The standard InChI is InChI=1S/C19H38/c1-8-9-15(4)10-12-19(7)13-11-18(19)17(6)16(5)14(2)3/h14-18H,8-13H2,1-7H3. The number of hydrogen-bond acceptors (Lipinski definition) is 0. The van der Waals surface area contributed by atoms with Gasteiger partial charge < -0.3 is 0 Å². The van der Waals surface area contributed by atoms with Gasteiger partial charge in [-0.3, -0.25) is 0 Å². The van der Waals surface area contributed by atoms with Crippen molar-refractivity contribution in [1.82, 2.24) is 0 Å². The van der Waals surface area contributed by atoms with Gasteiger partial charge in [0.25, 0.3) is 0 Å². The van der Waals surface area contributed by atoms with Gasteiger partial charge in [0.05, 0.1) is 0 Å². The smallest absolute Gasteiger partial charge is 0.0295 e. The van der Waals surface area contributed by atoms with Crippen molar-refractivity contribution in [3.63, 3.8) is 0 Å². The Bertz CT molecular complexity index is 255. The van der Waals surface area contributed by atoms with Gasteiger partial charge in [0.2, 0.25) is 0 Å². The third-order valence-electron chi connectivity index (χ3n) is 6.43. The molecular formula is C19H38. The lowest BCUT2D eigenvalue weighted by Gasteiger charge is -2.53. The summed E-state index contributed by atoms with van der Waals surface area (Å²) < 4.78 is 0. The summed E-state index contributed by atoms with van der Waals surface area (Å²) in [7, 11) is 0. The Labute approximate surface area is 122 Å². The summed E-state index contributed by atoms with van der Waals surface area (Å²) in [5.74, 6) is 4.52. The van der Waals surface area contributed by atoms with Crippen LogP contribution in [0.5, 0.6) is 0 Å². The molecule has 114 valence electrons. The van der Waals surface area contributed by atoms with Crippen molar-refractivity contribution in [2.45, 2.75) is 87.0 Å². The zero-order valence-corrected chi connectivity index (χ0v) is 14.6. The van der Waals surface area contributed by atoms with Crippen LogP contribution in [0, 0.1) is 35.0 Å². The van der Waals surface area contributed by atoms with E-state index in [1.807, 2.05) is 0 Å². The van der Waals surface area contributed by atoms with Crippen molar-refractivity contribution in [3.8, 4) is 0 Å². The normalized spacial score (nSPS) is 31.9. The van der Waals surface area contributed by atoms with Gasteiger partial charge in [0.15, 0.2) is 0 Å². The lowest BCUT2D eigenvalue weighted by Crippen LogP contribution is -2.44. The van der Waals surface area contributed by atoms with Crippen molar-refractivity contribution < 1.29 is 0 Å². The van der Waals surface area contributed by atoms with Crippen LogP contribution >= 0.6 is 0 Å². The molecule has 19 heavy (non-hydrogen) atoms. The van der Waals surface area contributed by atoms with Crippen molar-refractivity contribution >= 4 is 0 Å². The van der Waals surface area contributed by atoms with Crippen molar-refractivity contribution in [2.75, 3.05) is 0 Å². The van der Waals surface area contributed by atoms with Crippen LogP contribution in [-0.2, 0) is 0 Å². The second-order valence-corrected chi connectivity index (χ2v) is 8.19. The van der Waals surface area contributed by atoms with Crippen LogP contribution in [0.25, 0.3) is 0 Å². The van der Waals surface area contributed by atoms with Gasteiger partial charge in [-0.1, -0.05) is 67.7 Å². The summed E-state index contributed by atoms with van der Waals surface area (Å²) in [4.78, 5) is 0. The zero-order chi connectivity index (χ0) is 14.6. The predicted octanol–water partition coefficient (Wildman–Crippen LogP) is 6.55. The van der Waals surface area contributed by atoms with Gasteiger partial charge in [-0.2, -0.15) is 0 Å². The fraction of sp³-hybridized carbons (Fsp3) is 1.00. The second kappa shape index (κ2) is 7.14. The second-order valence-electron chi connectivity index (χ2n) is 8.19. The highest BCUT2D eigenvalue weighted by atomic mass is 14.5. The molecule has 0 heterocycles. The average Bonchev–Trinajstić information content (AvgIpc) is 2.33. The summed E-state index contributed by atoms with van der Waals surface area (Å²) >= 11 is 0. The number of hydrogen-bond donors (Lipinski definition) is 0. The highest BCUT2D eigenvalue weighted by molar-refractivity contribution is 4.95. The van der Waals surface area contributed by atoms with Crippen LogP contribution in [-0.4, -0.2) is 0 Å². The topological polar surface area (TPSA) is 0 Å². The highest BCUT2D eigenvalue weighted by Gasteiger charge is 2.46. The largest absolute Gasteiger partial charge is 0.0654 e. The molecule has 5 atom stereocenters. The van der Waals surface area contributed by atoms with E-state index in [1.54, 1.807) is 0 Å². The molecule has 0 aromatic carbocycles. The molecule has 1 aliphatic rings. The Hall–Kier alpha value is 0. The minimum Gasteiger partial charge on any atom is -0.0654 e. The number of rotatable bonds is 8. The van der Waals surface area contributed by atoms with Crippen molar-refractivity contribution in [2.24, 2.45) is 35.0 Å². The molecule has 0 amide bonds. The first kappa shape index (κ1) is 17.1. The van der Waals surface area contributed by atoms with Crippen LogP contribution in [0.1, 0.15) is 87.0 Å². The van der Waals surface area contributed by atoms with E-state index in [0.29, 0.717) is 5.41 Å². The molecule has 0 nitrogen and oxygen atoms in total. The van der Waals surface area contributed by atoms with E-state index >= 15 is 0 Å². The maximum Gasteiger partial charge on any atom is -0.0295 e. The predicted molar refractivity (Wildman–Crippen MR) is 87.3 cm³/mol. The molecule has 0 saturated heterocycles. The molecule has 0 aliphatic heterocycles. The maximum absolute atomic E-state index is 2.57. The fourth-order valence-corrected chi connectivity index (χ4v) is 4.20. The van der Waals surface area contributed by atoms with E-state index in [1.165, 1.54) is 38.5 Å². The van der Waals surface area contributed by atoms with Gasteiger partial charge in [0, 0.05) is 0 Å². The lowest BCUT2D eigenvalue weighted by atomic mass is 9.52. The van der Waals surface area contributed by atoms with Gasteiger partial charge in [0.1, 0.15) is 0 Å². The van der Waals surface area contributed by atoms with Crippen LogP contribution in [0.2, 0.25) is 0 Å². The van der Waals surface area contributed by atoms with E-state index in [9.17, 15) is 0 Å². The van der Waals surface area contributed by atoms with Crippen LogP contribution in [0.4, 0.5) is 0 Å². The summed E-state index contributed by atoms with van der Waals surface area (Å²) in [6.45, 7) is 17.1. The average molecular weight is 267 g/mol. The molecule has 5 unspecified atom stereocenters. The molecule has 0 aromatic rings. The van der Waals surface area contributed by atoms with E-state index in [4.69, 9.17) is 0 Å². The first-order valence-corrected chi connectivity index (χ1v) is 8.81. The van der Waals surface area contributed by atoms with E-state index in [0.717, 1.165) is 29.6 Å². The molecule has 1 saturated carbocycles. The summed E-state index contributed by atoms with van der Waals surface area (Å²) in [5.41, 5.74) is 0.657. The molecule has 0 heteroatoms. The van der Waals surface area contributed by atoms with Gasteiger partial charge >= 0.3 is 0 Å². The molecule has 0 N–H and O–H groups in total. The minimum atomic E-state index is 0.657. The van der Waals surface area contributed by atoms with E-state index in [2.05, 4.69) is 48.5 Å². The first-order valence-electron chi connectivity index (χ1n) is 8.81. The minimum absolute atomic E-state index is 0.657. The molecule has 0 radical (unpaired) electrons. The van der Waals surface area contributed by atoms with Gasteiger partial charge in [-0.15, -0.1) is 0 Å². The van der Waals surface area contributed by atoms with Gasteiger partial charge in [-0.25, -0.2) is 0 Å². The molecule has 1 fully saturated rings. The molecule has 0 spiro atoms. The van der Waals surface area contributed by atoms with Crippen LogP contribution in [0.15, 0.2) is 0 Å². The summed E-state index contributed by atoms with van der Waals surface area (Å²) in [6, 6.07) is 0. The summed E-state index contributed by atoms with van der Waals surface area (Å²) in [5, 5.41) is 0. The van der Waals surface area contributed by atoms with Gasteiger partial charge in [-0.05, 0) is 54.3 Å². The lowest BCUT2D eigenvalue weighted by molar-refractivity contribution is -0.0281. The fourth-order valence-electron chi connectivity index (χ4n) is 4.20. The van der Waals surface area contributed by atoms with Crippen LogP contribution in [0.3, 0.4) is 0 Å². The quantitative estimate of drug-likeness (QED) is 0.467. The summed E-state index contributed by atoms with van der Waals surface area (Å²) in [6.07, 6.45) is 8.64. The first-order chi connectivity index (χ1) is 8.81. The Kier molecular flexibility index (Phi) is 6.40. The maximum atomic E-state index is 2.57. The third-order valence-corrected chi connectivity index (χ3v) is 6.43. The molecule has 1 rings (SSSR count). The monoisotopic (exact) mass is 266 g/mol. The molecular weight excluding hydrogens is 228 g/mol. The Morgan fingerprint density at radius 3 is 2.11 bits per heavy atom. The SMILES string of the molecule is CCCC(C)CCC1(C)CCC1C(C)C(C)C(C)C. The Balaban J connectivity index is 2.49. The van der Waals surface area contributed by atoms with Crippen molar-refractivity contribution in [3.05, 3.63) is 0 Å². The highest BCUT2D eigenvalue weighted by Crippen LogP contribution is 2.55. The third kappa shape index (κ3) is 4.23. The van der Waals surface area contributed by atoms with Crippen LogP contribution < -0.4 is 0 Å². The molecule has 0 bridgehead atoms. The Morgan fingerprint density at radius 2 is 1.68 bits per heavy atom. The molecule has 1 aliphatic carbocycles. The zero-order valence-electron chi connectivity index (χ0n) is 14.6. The Morgan fingerprint density at radius 1 is 1.05 bits per heavy atom. The van der Waals surface area contributed by atoms with E-state index < -0.39 is 0 Å². The van der Waals surface area contributed by atoms with Crippen molar-refractivity contribution in [1.29, 1.82) is 0 Å². The molecule has 0 aromatic heterocycles. The van der Waals surface area contributed by atoms with E-state index in [-0.39, 0.29) is 0 Å².